The van der Waals surface area contributed by atoms with E-state index in [1.807, 2.05) is 18.2 Å². The normalized spacial score (nSPS) is 12.6. The van der Waals surface area contributed by atoms with Gasteiger partial charge in [0.15, 0.2) is 0 Å². The standard InChI is InChI=1S/C32H38F3NO5/c1-2-3-4-5-6-7-8-9-10-11-12-13-14-15-16-17-18-19-20-21-29(37)36-25-30(38)41-28-24-26(32(33,34)35)22-23-27(28)31(39)40/h3-4,6-7,9-10,12-13,15-16,18-19,22-24H,2,5,8,11,14,17,20-21,25H2,1H3,(H,36,37)(H,39,40)/b4-3-,7-6-,10-9-,13-12-,16-15-,19-18-. The molecule has 0 heterocycles. The fourth-order valence-corrected chi connectivity index (χ4v) is 3.23. The van der Waals surface area contributed by atoms with Gasteiger partial charge in [-0.25, -0.2) is 9.59 Å². The minimum atomic E-state index is -4.74. The van der Waals surface area contributed by atoms with Gasteiger partial charge in [-0.3, -0.25) is 4.79 Å². The van der Waals surface area contributed by atoms with Crippen molar-refractivity contribution in [1.82, 2.24) is 5.32 Å². The Morgan fingerprint density at radius 2 is 1.29 bits per heavy atom. The van der Waals surface area contributed by atoms with E-state index in [1.165, 1.54) is 0 Å². The second-order valence-electron chi connectivity index (χ2n) is 8.72. The highest BCUT2D eigenvalue weighted by molar-refractivity contribution is 5.92. The quantitative estimate of drug-likeness (QED) is 0.106. The first-order valence-electron chi connectivity index (χ1n) is 13.5. The lowest BCUT2D eigenvalue weighted by Gasteiger charge is -2.12. The molecule has 0 aliphatic heterocycles. The zero-order valence-corrected chi connectivity index (χ0v) is 23.2. The number of benzene rings is 1. The Morgan fingerprint density at radius 1 is 0.805 bits per heavy atom. The second-order valence-corrected chi connectivity index (χ2v) is 8.72. The van der Waals surface area contributed by atoms with Crippen molar-refractivity contribution in [1.29, 1.82) is 0 Å². The van der Waals surface area contributed by atoms with Crippen LogP contribution in [0.1, 0.15) is 74.2 Å². The zero-order chi connectivity index (χ0) is 30.3. The predicted octanol–water partition coefficient (Wildman–Crippen LogP) is 7.90. The Kier molecular flexibility index (Phi) is 17.6. The van der Waals surface area contributed by atoms with Crippen LogP contribution in [0.15, 0.2) is 91.1 Å². The van der Waals surface area contributed by atoms with Gasteiger partial charge in [0.1, 0.15) is 17.9 Å². The zero-order valence-electron chi connectivity index (χ0n) is 23.2. The molecule has 0 aliphatic carbocycles. The number of carboxylic acid groups (broad SMARTS) is 1. The molecule has 1 amide bonds. The molecule has 1 aromatic rings. The van der Waals surface area contributed by atoms with Crippen molar-refractivity contribution in [3.05, 3.63) is 102 Å². The number of aromatic carboxylic acids is 1. The van der Waals surface area contributed by atoms with Gasteiger partial charge in [-0.05, 0) is 63.1 Å². The van der Waals surface area contributed by atoms with E-state index in [4.69, 9.17) is 9.84 Å². The Balaban J connectivity index is 2.22. The number of carboxylic acids is 1. The summed E-state index contributed by atoms with van der Waals surface area (Å²) in [6.07, 6.45) is 26.2. The largest absolute Gasteiger partial charge is 0.478 e. The SMILES string of the molecule is CC/C=C\C/C=C\C/C=C\C/C=C\C/C=C\C/C=C\CCC(=O)NCC(=O)Oc1cc(C(F)(F)F)ccc1C(=O)O. The molecule has 0 aromatic heterocycles. The van der Waals surface area contributed by atoms with Crippen molar-refractivity contribution >= 4 is 17.8 Å². The average molecular weight is 574 g/mol. The first-order chi connectivity index (χ1) is 19.6. The maximum atomic E-state index is 12.9. The van der Waals surface area contributed by atoms with Crippen molar-refractivity contribution in [3.8, 4) is 5.75 Å². The number of carbonyl (C=O) groups excluding carboxylic acids is 2. The van der Waals surface area contributed by atoms with Gasteiger partial charge in [-0.1, -0.05) is 79.8 Å². The number of carbonyl (C=O) groups is 3. The highest BCUT2D eigenvalue weighted by Gasteiger charge is 2.32. The molecule has 0 aliphatic rings. The van der Waals surface area contributed by atoms with Gasteiger partial charge in [0.05, 0.1) is 5.56 Å². The van der Waals surface area contributed by atoms with E-state index in [-0.39, 0.29) is 6.42 Å². The van der Waals surface area contributed by atoms with Crippen LogP contribution < -0.4 is 10.1 Å². The third-order valence-electron chi connectivity index (χ3n) is 5.33. The molecule has 41 heavy (non-hydrogen) atoms. The van der Waals surface area contributed by atoms with Crippen LogP contribution in [0.2, 0.25) is 0 Å². The van der Waals surface area contributed by atoms with Crippen LogP contribution in [0, 0.1) is 0 Å². The first-order valence-corrected chi connectivity index (χ1v) is 13.5. The lowest BCUT2D eigenvalue weighted by atomic mass is 10.1. The number of esters is 1. The predicted molar refractivity (Wildman–Crippen MR) is 154 cm³/mol. The number of hydrogen-bond donors (Lipinski definition) is 2. The molecular formula is C32H38F3NO5. The summed E-state index contributed by atoms with van der Waals surface area (Å²) in [5.74, 6) is -3.84. The number of alkyl halides is 3. The van der Waals surface area contributed by atoms with Crippen LogP contribution >= 0.6 is 0 Å². The molecule has 0 radical (unpaired) electrons. The molecule has 0 bridgehead atoms. The van der Waals surface area contributed by atoms with Crippen molar-refractivity contribution in [2.24, 2.45) is 0 Å². The Bertz CT molecular complexity index is 1140. The smallest absolute Gasteiger partial charge is 0.416 e. The fourth-order valence-electron chi connectivity index (χ4n) is 3.23. The summed E-state index contributed by atoms with van der Waals surface area (Å²) in [7, 11) is 0. The molecule has 1 rings (SSSR count). The summed E-state index contributed by atoms with van der Waals surface area (Å²) < 4.78 is 43.4. The fraction of sp³-hybridized carbons (Fsp3) is 0.344. The molecule has 0 saturated heterocycles. The Labute approximate surface area is 239 Å². The van der Waals surface area contributed by atoms with E-state index in [1.54, 1.807) is 0 Å². The van der Waals surface area contributed by atoms with Crippen LogP contribution in [0.25, 0.3) is 0 Å². The molecule has 2 N–H and O–H groups in total. The Morgan fingerprint density at radius 3 is 1.76 bits per heavy atom. The molecule has 222 valence electrons. The van der Waals surface area contributed by atoms with Crippen LogP contribution in [-0.2, 0) is 15.8 Å². The number of amides is 1. The van der Waals surface area contributed by atoms with E-state index < -0.39 is 47.4 Å². The highest BCUT2D eigenvalue weighted by atomic mass is 19.4. The highest BCUT2D eigenvalue weighted by Crippen LogP contribution is 2.33. The van der Waals surface area contributed by atoms with Gasteiger partial charge in [-0.2, -0.15) is 13.2 Å². The topological polar surface area (TPSA) is 92.7 Å². The molecule has 0 atom stereocenters. The minimum Gasteiger partial charge on any atom is -0.478 e. The van der Waals surface area contributed by atoms with Crippen molar-refractivity contribution < 1.29 is 37.4 Å². The summed E-state index contributed by atoms with van der Waals surface area (Å²) >= 11 is 0. The number of hydrogen-bond acceptors (Lipinski definition) is 4. The number of rotatable bonds is 18. The van der Waals surface area contributed by atoms with E-state index in [2.05, 4.69) is 66.9 Å². The van der Waals surface area contributed by atoms with Crippen LogP contribution in [0.3, 0.4) is 0 Å². The van der Waals surface area contributed by atoms with E-state index in [9.17, 15) is 27.6 Å². The van der Waals surface area contributed by atoms with Crippen LogP contribution in [-0.4, -0.2) is 29.5 Å². The number of nitrogens with one attached hydrogen (secondary N) is 1. The number of allylic oxidation sites excluding steroid dienone is 12. The van der Waals surface area contributed by atoms with Gasteiger partial charge < -0.3 is 15.2 Å². The molecule has 0 spiro atoms. The van der Waals surface area contributed by atoms with Gasteiger partial charge >= 0.3 is 18.1 Å². The molecule has 1 aromatic carbocycles. The van der Waals surface area contributed by atoms with Crippen molar-refractivity contribution in [2.45, 2.75) is 64.5 Å². The number of ether oxygens (including phenoxy) is 1. The van der Waals surface area contributed by atoms with Crippen LogP contribution in [0.5, 0.6) is 5.75 Å². The average Bonchev–Trinajstić information content (AvgIpc) is 2.92. The van der Waals surface area contributed by atoms with E-state index in [0.29, 0.717) is 31.0 Å². The maximum Gasteiger partial charge on any atom is 0.416 e. The molecule has 0 saturated carbocycles. The molecule has 0 fully saturated rings. The summed E-state index contributed by atoms with van der Waals surface area (Å²) in [5, 5.41) is 11.4. The van der Waals surface area contributed by atoms with Gasteiger partial charge in [0.25, 0.3) is 0 Å². The lowest BCUT2D eigenvalue weighted by Crippen LogP contribution is -2.32. The van der Waals surface area contributed by atoms with E-state index in [0.717, 1.165) is 32.1 Å². The number of halogens is 3. The summed E-state index contributed by atoms with van der Waals surface area (Å²) in [6, 6.07) is 1.72. The minimum absolute atomic E-state index is 0.0966. The first kappa shape index (κ1) is 34.9. The maximum absolute atomic E-state index is 12.9. The second kappa shape index (κ2) is 20.7. The summed E-state index contributed by atoms with van der Waals surface area (Å²) in [6.45, 7) is 1.51. The van der Waals surface area contributed by atoms with Crippen molar-refractivity contribution in [2.75, 3.05) is 6.54 Å². The molecule has 9 heteroatoms. The summed E-state index contributed by atoms with van der Waals surface area (Å²) in [5.41, 5.74) is -1.76. The lowest BCUT2D eigenvalue weighted by molar-refractivity contribution is -0.139. The van der Waals surface area contributed by atoms with Gasteiger partial charge in [-0.15, -0.1) is 0 Å². The van der Waals surface area contributed by atoms with E-state index >= 15 is 0 Å². The molecule has 6 nitrogen and oxygen atoms in total. The summed E-state index contributed by atoms with van der Waals surface area (Å²) in [4.78, 5) is 35.1. The third kappa shape index (κ3) is 17.2. The Hall–Kier alpha value is -4.14. The van der Waals surface area contributed by atoms with Crippen molar-refractivity contribution in [3.63, 3.8) is 0 Å². The van der Waals surface area contributed by atoms with Gasteiger partial charge in [0, 0.05) is 6.42 Å². The van der Waals surface area contributed by atoms with Crippen LogP contribution in [0.4, 0.5) is 13.2 Å². The monoisotopic (exact) mass is 573 g/mol. The molecule has 0 unspecified atom stereocenters. The third-order valence-corrected chi connectivity index (χ3v) is 5.33. The van der Waals surface area contributed by atoms with Gasteiger partial charge in [0.2, 0.25) is 5.91 Å². The molecular weight excluding hydrogens is 535 g/mol.